The van der Waals surface area contributed by atoms with Crippen LogP contribution < -0.4 is 11.1 Å². The number of amides is 1. The Morgan fingerprint density at radius 2 is 1.78 bits per heavy atom. The summed E-state index contributed by atoms with van der Waals surface area (Å²) in [5.41, 5.74) is 8.63. The van der Waals surface area contributed by atoms with Gasteiger partial charge in [-0.1, -0.05) is 41.9 Å². The van der Waals surface area contributed by atoms with Crippen LogP contribution in [0.1, 0.15) is 10.5 Å². The maximum Gasteiger partial charge on any atom is 0.280 e. The van der Waals surface area contributed by atoms with Crippen LogP contribution in [0.5, 0.6) is 0 Å². The van der Waals surface area contributed by atoms with Crippen LogP contribution in [0.15, 0.2) is 59.1 Å². The largest absolute Gasteiger partial charge is 0.382 e. The normalized spacial score (nSPS) is 10.9. The summed E-state index contributed by atoms with van der Waals surface area (Å²) in [7, 11) is 0. The van der Waals surface area contributed by atoms with E-state index >= 15 is 0 Å². The molecule has 7 nitrogen and oxygen atoms in total. The monoisotopic (exact) mass is 442 g/mol. The lowest BCUT2D eigenvalue weighted by atomic mass is 10.2. The van der Waals surface area contributed by atoms with Crippen molar-refractivity contribution in [3.63, 3.8) is 0 Å². The number of para-hydroxylation sites is 1. The van der Waals surface area contributed by atoms with Crippen molar-refractivity contribution in [2.75, 3.05) is 11.1 Å². The Kier molecular flexibility index (Phi) is 4.51. The minimum absolute atomic E-state index is 0.0102. The van der Waals surface area contributed by atoms with Gasteiger partial charge in [-0.25, -0.2) is 0 Å². The molecule has 0 fully saturated rings. The number of halogens is 2. The molecule has 0 radical (unpaired) electrons. The van der Waals surface area contributed by atoms with E-state index in [0.29, 0.717) is 26.5 Å². The Balaban J connectivity index is 1.76. The maximum atomic E-state index is 12.5. The third-order valence-electron chi connectivity index (χ3n) is 3.88. The van der Waals surface area contributed by atoms with Gasteiger partial charge in [0.1, 0.15) is 5.69 Å². The van der Waals surface area contributed by atoms with Gasteiger partial charge in [-0.15, -0.1) is 10.2 Å². The molecule has 0 aliphatic rings. The van der Waals surface area contributed by atoms with Gasteiger partial charge in [0.25, 0.3) is 5.91 Å². The van der Waals surface area contributed by atoms with E-state index in [1.807, 2.05) is 30.3 Å². The predicted molar refractivity (Wildman–Crippen MR) is 108 cm³/mol. The van der Waals surface area contributed by atoms with Crippen molar-refractivity contribution in [1.29, 1.82) is 0 Å². The van der Waals surface area contributed by atoms with Crippen molar-refractivity contribution < 1.29 is 4.79 Å². The lowest BCUT2D eigenvalue weighted by Gasteiger charge is -2.06. The van der Waals surface area contributed by atoms with Gasteiger partial charge in [-0.3, -0.25) is 4.79 Å². The Hall–Kier alpha value is -2.97. The molecule has 134 valence electrons. The van der Waals surface area contributed by atoms with Crippen molar-refractivity contribution in [2.24, 2.45) is 0 Å². The van der Waals surface area contributed by atoms with Gasteiger partial charge in [0.2, 0.25) is 0 Å². The van der Waals surface area contributed by atoms with Crippen LogP contribution in [-0.2, 0) is 0 Å². The standard InChI is InChI=1S/C18H12BrClN6O/c19-13-14(10-6-8-11(20)9-7-10)25-26-16(21)15(23-24-17(13)26)18(27)22-12-4-2-1-3-5-12/h1-9H,21H2,(H,22,27). The lowest BCUT2D eigenvalue weighted by molar-refractivity contribution is 0.102. The van der Waals surface area contributed by atoms with E-state index in [0.717, 1.165) is 5.56 Å². The molecule has 2 heterocycles. The van der Waals surface area contributed by atoms with Gasteiger partial charge >= 0.3 is 0 Å². The molecule has 0 atom stereocenters. The summed E-state index contributed by atoms with van der Waals surface area (Å²) >= 11 is 9.42. The summed E-state index contributed by atoms with van der Waals surface area (Å²) < 4.78 is 2.01. The zero-order valence-corrected chi connectivity index (χ0v) is 16.1. The first-order chi connectivity index (χ1) is 13.0. The fraction of sp³-hybridized carbons (Fsp3) is 0. The topological polar surface area (TPSA) is 98.2 Å². The smallest absolute Gasteiger partial charge is 0.280 e. The van der Waals surface area contributed by atoms with Crippen molar-refractivity contribution in [2.45, 2.75) is 0 Å². The highest BCUT2D eigenvalue weighted by Crippen LogP contribution is 2.31. The molecule has 4 aromatic rings. The van der Waals surface area contributed by atoms with Crippen molar-refractivity contribution in [1.82, 2.24) is 19.8 Å². The molecule has 4 rings (SSSR count). The summed E-state index contributed by atoms with van der Waals surface area (Å²) in [6, 6.07) is 16.2. The summed E-state index contributed by atoms with van der Waals surface area (Å²) in [4.78, 5) is 12.5. The number of carbonyl (C=O) groups is 1. The zero-order valence-electron chi connectivity index (χ0n) is 13.7. The van der Waals surface area contributed by atoms with Crippen molar-refractivity contribution >= 4 is 50.6 Å². The predicted octanol–water partition coefficient (Wildman–Crippen LogP) is 4.04. The molecule has 0 bridgehead atoms. The van der Waals surface area contributed by atoms with Crippen LogP contribution in [0.3, 0.4) is 0 Å². The van der Waals surface area contributed by atoms with E-state index in [-0.39, 0.29) is 11.5 Å². The SMILES string of the molecule is Nc1c(C(=O)Nc2ccccc2)nnc2c(Br)c(-c3ccc(Cl)cc3)nn12. The van der Waals surface area contributed by atoms with Crippen LogP contribution in [0.25, 0.3) is 16.9 Å². The van der Waals surface area contributed by atoms with Crippen LogP contribution in [-0.4, -0.2) is 25.7 Å². The zero-order chi connectivity index (χ0) is 19.0. The van der Waals surface area contributed by atoms with E-state index in [1.54, 1.807) is 24.3 Å². The summed E-state index contributed by atoms with van der Waals surface area (Å²) in [5.74, 6) is -0.373. The number of fused-ring (bicyclic) bond motifs is 1. The van der Waals surface area contributed by atoms with Gasteiger partial charge in [0.05, 0.1) is 4.47 Å². The molecule has 0 unspecified atom stereocenters. The van der Waals surface area contributed by atoms with Crippen molar-refractivity contribution in [3.05, 3.63) is 69.8 Å². The second-order valence-corrected chi connectivity index (χ2v) is 6.89. The minimum atomic E-state index is -0.465. The van der Waals surface area contributed by atoms with Crippen LogP contribution >= 0.6 is 27.5 Å². The first-order valence-electron chi connectivity index (χ1n) is 7.87. The number of hydrogen-bond donors (Lipinski definition) is 2. The number of carbonyl (C=O) groups excluding carboxylic acids is 1. The molecule has 1 amide bonds. The number of rotatable bonds is 3. The highest BCUT2D eigenvalue weighted by Gasteiger charge is 2.21. The third-order valence-corrected chi connectivity index (χ3v) is 4.87. The third kappa shape index (κ3) is 3.24. The average molecular weight is 444 g/mol. The van der Waals surface area contributed by atoms with E-state index in [1.165, 1.54) is 4.52 Å². The van der Waals surface area contributed by atoms with Gasteiger partial charge in [0, 0.05) is 16.3 Å². The van der Waals surface area contributed by atoms with Gasteiger partial charge in [0.15, 0.2) is 17.2 Å². The van der Waals surface area contributed by atoms with E-state index in [9.17, 15) is 4.79 Å². The number of nitrogens with one attached hydrogen (secondary N) is 1. The maximum absolute atomic E-state index is 12.5. The van der Waals surface area contributed by atoms with E-state index < -0.39 is 5.91 Å². The molecule has 0 spiro atoms. The highest BCUT2D eigenvalue weighted by molar-refractivity contribution is 9.10. The minimum Gasteiger partial charge on any atom is -0.382 e. The average Bonchev–Trinajstić information content (AvgIpc) is 3.01. The summed E-state index contributed by atoms with van der Waals surface area (Å²) in [6.45, 7) is 0. The van der Waals surface area contributed by atoms with Gasteiger partial charge < -0.3 is 11.1 Å². The molecule has 27 heavy (non-hydrogen) atoms. The molecule has 3 N–H and O–H groups in total. The Bertz CT molecular complexity index is 1140. The molecular weight excluding hydrogens is 432 g/mol. The second-order valence-electron chi connectivity index (χ2n) is 5.66. The number of nitrogen functional groups attached to an aromatic ring is 1. The number of benzene rings is 2. The second kappa shape index (κ2) is 6.98. The number of aromatic nitrogens is 4. The Morgan fingerprint density at radius 1 is 1.07 bits per heavy atom. The Labute approximate surface area is 167 Å². The van der Waals surface area contributed by atoms with Gasteiger partial charge in [-0.05, 0) is 40.2 Å². The molecule has 2 aromatic carbocycles. The summed E-state index contributed by atoms with van der Waals surface area (Å²) in [5, 5.41) is 15.9. The number of anilines is 2. The molecular formula is C18H12BrClN6O. The van der Waals surface area contributed by atoms with Crippen LogP contribution in [0.4, 0.5) is 11.5 Å². The van der Waals surface area contributed by atoms with Crippen LogP contribution in [0, 0.1) is 0 Å². The Morgan fingerprint density at radius 3 is 2.48 bits per heavy atom. The number of hydrogen-bond acceptors (Lipinski definition) is 5. The van der Waals surface area contributed by atoms with E-state index in [2.05, 4.69) is 36.5 Å². The molecule has 0 aliphatic carbocycles. The van der Waals surface area contributed by atoms with Gasteiger partial charge in [-0.2, -0.15) is 9.61 Å². The number of nitrogens with zero attached hydrogens (tertiary/aromatic N) is 4. The molecule has 0 saturated carbocycles. The summed E-state index contributed by atoms with van der Waals surface area (Å²) in [6.07, 6.45) is 0. The van der Waals surface area contributed by atoms with Crippen LogP contribution in [0.2, 0.25) is 5.02 Å². The van der Waals surface area contributed by atoms with Crippen molar-refractivity contribution in [3.8, 4) is 11.3 Å². The molecule has 9 heteroatoms. The molecule has 0 aliphatic heterocycles. The molecule has 2 aromatic heterocycles. The number of nitrogens with two attached hydrogens (primary N) is 1. The first-order valence-corrected chi connectivity index (χ1v) is 9.04. The quantitative estimate of drug-likeness (QED) is 0.498. The fourth-order valence-electron chi connectivity index (χ4n) is 2.56. The first kappa shape index (κ1) is 17.4. The fourth-order valence-corrected chi connectivity index (χ4v) is 3.24. The van der Waals surface area contributed by atoms with E-state index in [4.69, 9.17) is 17.3 Å². The molecule has 0 saturated heterocycles. The lowest BCUT2D eigenvalue weighted by Crippen LogP contribution is -2.19. The highest BCUT2D eigenvalue weighted by atomic mass is 79.9.